The molecular weight excluding hydrogens is 461 g/mol. The van der Waals surface area contributed by atoms with Crippen molar-refractivity contribution in [1.82, 2.24) is 9.47 Å². The van der Waals surface area contributed by atoms with Gasteiger partial charge in [-0.1, -0.05) is 48.5 Å². The van der Waals surface area contributed by atoms with Crippen molar-refractivity contribution >= 4 is 39.9 Å². The Morgan fingerprint density at radius 1 is 0.971 bits per heavy atom. The third kappa shape index (κ3) is 4.25. The van der Waals surface area contributed by atoms with Crippen molar-refractivity contribution in [2.24, 2.45) is 0 Å². The quantitative estimate of drug-likeness (QED) is 0.316. The molecule has 1 aliphatic heterocycles. The zero-order chi connectivity index (χ0) is 24.5. The number of benzene rings is 3. The molecule has 1 fully saturated rings. The van der Waals surface area contributed by atoms with Gasteiger partial charge in [0.2, 0.25) is 0 Å². The largest absolute Gasteiger partial charge is 0.340 e. The number of halogens is 1. The van der Waals surface area contributed by atoms with Crippen molar-refractivity contribution in [3.8, 4) is 6.07 Å². The zero-order valence-corrected chi connectivity index (χ0v) is 19.7. The van der Waals surface area contributed by atoms with E-state index in [1.54, 1.807) is 24.3 Å². The third-order valence-electron chi connectivity index (χ3n) is 6.15. The van der Waals surface area contributed by atoms with Gasteiger partial charge in [0, 0.05) is 28.7 Å². The second kappa shape index (κ2) is 9.24. The van der Waals surface area contributed by atoms with Gasteiger partial charge < -0.3 is 4.57 Å². The van der Waals surface area contributed by atoms with Gasteiger partial charge in [-0.05, 0) is 60.2 Å². The number of carbonyl (C=O) groups is 2. The molecule has 1 aliphatic rings. The average molecular weight is 482 g/mol. The molecule has 0 atom stereocenters. The summed E-state index contributed by atoms with van der Waals surface area (Å²) in [5.74, 6) is -0.734. The van der Waals surface area contributed by atoms with E-state index in [0.717, 1.165) is 39.5 Å². The molecule has 0 aliphatic carbocycles. The van der Waals surface area contributed by atoms with Crippen LogP contribution in [0.15, 0.2) is 77.7 Å². The smallest absolute Gasteiger partial charge is 0.293 e. The lowest BCUT2D eigenvalue weighted by molar-refractivity contribution is -0.123. The standard InChI is InChI=1S/C28H20FN3O2S/c1-18-24(14-26-27(33)32(28(34)35-26)16-19-10-12-22(29)13-11-19)23-8-4-5-9-25(23)31(18)17-21-7-3-2-6-20(21)15-30/h2-14H,16-17H2,1H3/b26-14-. The molecule has 172 valence electrons. The minimum absolute atomic E-state index is 0.0912. The van der Waals surface area contributed by atoms with Gasteiger partial charge in [0.25, 0.3) is 11.1 Å². The second-order valence-electron chi connectivity index (χ2n) is 8.27. The van der Waals surface area contributed by atoms with E-state index in [1.807, 2.05) is 49.4 Å². The lowest BCUT2D eigenvalue weighted by Crippen LogP contribution is -2.27. The number of thioether (sulfide) groups is 1. The first-order valence-corrected chi connectivity index (χ1v) is 11.8. The molecule has 5 rings (SSSR count). The Balaban J connectivity index is 1.52. The maximum Gasteiger partial charge on any atom is 0.293 e. The number of aromatic nitrogens is 1. The normalized spacial score (nSPS) is 14.8. The molecule has 2 amide bonds. The van der Waals surface area contributed by atoms with Gasteiger partial charge in [-0.25, -0.2) is 4.39 Å². The van der Waals surface area contributed by atoms with Crippen molar-refractivity contribution in [2.75, 3.05) is 0 Å². The Morgan fingerprint density at radius 2 is 1.69 bits per heavy atom. The van der Waals surface area contributed by atoms with Crippen LogP contribution in [0, 0.1) is 24.1 Å². The fraction of sp³-hybridized carbons (Fsp3) is 0.107. The van der Waals surface area contributed by atoms with Crippen molar-refractivity contribution < 1.29 is 14.0 Å². The van der Waals surface area contributed by atoms with E-state index in [9.17, 15) is 19.2 Å². The highest BCUT2D eigenvalue weighted by molar-refractivity contribution is 8.18. The third-order valence-corrected chi connectivity index (χ3v) is 7.06. The number of carbonyl (C=O) groups excluding carboxylic acids is 2. The number of hydrogen-bond acceptors (Lipinski definition) is 4. The SMILES string of the molecule is Cc1c(/C=C2\SC(=O)N(Cc3ccc(F)cc3)C2=O)c2ccccc2n1Cc1ccccc1C#N. The molecule has 5 nitrogen and oxygen atoms in total. The zero-order valence-electron chi connectivity index (χ0n) is 18.9. The first kappa shape index (κ1) is 22.6. The molecule has 4 aromatic rings. The van der Waals surface area contributed by atoms with Gasteiger partial charge in [0.05, 0.1) is 23.1 Å². The number of amides is 2. The maximum absolute atomic E-state index is 13.2. The van der Waals surface area contributed by atoms with Crippen molar-refractivity contribution in [3.05, 3.63) is 111 Å². The minimum Gasteiger partial charge on any atom is -0.340 e. The summed E-state index contributed by atoms with van der Waals surface area (Å²) in [6.45, 7) is 2.58. The van der Waals surface area contributed by atoms with Crippen LogP contribution in [0.4, 0.5) is 9.18 Å². The molecule has 0 bridgehead atoms. The molecule has 1 saturated heterocycles. The van der Waals surface area contributed by atoms with Crippen LogP contribution < -0.4 is 0 Å². The number of nitriles is 1. The summed E-state index contributed by atoms with van der Waals surface area (Å²) in [5.41, 5.74) is 4.98. The van der Waals surface area contributed by atoms with Crippen molar-refractivity contribution in [2.45, 2.75) is 20.0 Å². The number of imide groups is 1. The highest BCUT2D eigenvalue weighted by Gasteiger charge is 2.35. The number of hydrogen-bond donors (Lipinski definition) is 0. The summed E-state index contributed by atoms with van der Waals surface area (Å²) in [5, 5.41) is 10.1. The predicted octanol–water partition coefficient (Wildman–Crippen LogP) is 6.25. The Labute approximate surface area is 206 Å². The molecule has 7 heteroatoms. The van der Waals surface area contributed by atoms with E-state index in [-0.39, 0.29) is 23.5 Å². The maximum atomic E-state index is 13.2. The Kier molecular flexibility index (Phi) is 5.98. The van der Waals surface area contributed by atoms with Gasteiger partial charge in [-0.15, -0.1) is 0 Å². The molecule has 0 spiro atoms. The summed E-state index contributed by atoms with van der Waals surface area (Å²) in [4.78, 5) is 27.3. The van der Waals surface area contributed by atoms with Crippen LogP contribution in [0.1, 0.15) is 27.9 Å². The first-order chi connectivity index (χ1) is 17.0. The molecule has 0 saturated carbocycles. The fourth-order valence-electron chi connectivity index (χ4n) is 4.32. The highest BCUT2D eigenvalue weighted by Crippen LogP contribution is 2.36. The van der Waals surface area contributed by atoms with E-state index in [4.69, 9.17) is 0 Å². The molecule has 35 heavy (non-hydrogen) atoms. The van der Waals surface area contributed by atoms with Gasteiger partial charge in [0.15, 0.2) is 0 Å². The molecule has 3 aromatic carbocycles. The van der Waals surface area contributed by atoms with Crippen LogP contribution in [0.2, 0.25) is 0 Å². The lowest BCUT2D eigenvalue weighted by atomic mass is 10.1. The summed E-state index contributed by atoms with van der Waals surface area (Å²) in [6.07, 6.45) is 1.78. The van der Waals surface area contributed by atoms with Crippen LogP contribution in [0.25, 0.3) is 17.0 Å². The summed E-state index contributed by atoms with van der Waals surface area (Å²) >= 11 is 0.908. The molecule has 0 unspecified atom stereocenters. The topological polar surface area (TPSA) is 66.1 Å². The number of para-hydroxylation sites is 1. The first-order valence-electron chi connectivity index (χ1n) is 11.0. The monoisotopic (exact) mass is 481 g/mol. The molecule has 1 aromatic heterocycles. The van der Waals surface area contributed by atoms with Crippen LogP contribution >= 0.6 is 11.8 Å². The molecule has 0 N–H and O–H groups in total. The van der Waals surface area contributed by atoms with Gasteiger partial charge >= 0.3 is 0 Å². The van der Waals surface area contributed by atoms with E-state index >= 15 is 0 Å². The minimum atomic E-state index is -0.368. The Hall–Kier alpha value is -4.15. The summed E-state index contributed by atoms with van der Waals surface area (Å²) < 4.78 is 15.4. The Bertz CT molecular complexity index is 1550. The molecule has 2 heterocycles. The van der Waals surface area contributed by atoms with E-state index < -0.39 is 0 Å². The van der Waals surface area contributed by atoms with E-state index in [0.29, 0.717) is 22.6 Å². The van der Waals surface area contributed by atoms with Crippen molar-refractivity contribution in [1.29, 1.82) is 5.26 Å². The van der Waals surface area contributed by atoms with Crippen LogP contribution in [0.5, 0.6) is 0 Å². The van der Waals surface area contributed by atoms with Gasteiger partial charge in [0.1, 0.15) is 5.82 Å². The van der Waals surface area contributed by atoms with Crippen LogP contribution in [0.3, 0.4) is 0 Å². The molecule has 0 radical (unpaired) electrons. The number of nitrogens with zero attached hydrogens (tertiary/aromatic N) is 3. The average Bonchev–Trinajstić information content (AvgIpc) is 3.29. The highest BCUT2D eigenvalue weighted by atomic mass is 32.2. The lowest BCUT2D eigenvalue weighted by Gasteiger charge is -2.12. The predicted molar refractivity (Wildman–Crippen MR) is 135 cm³/mol. The van der Waals surface area contributed by atoms with Crippen molar-refractivity contribution in [3.63, 3.8) is 0 Å². The number of rotatable bonds is 5. The summed E-state index contributed by atoms with van der Waals surface area (Å²) in [6, 6.07) is 23.4. The van der Waals surface area contributed by atoms with E-state index in [1.165, 1.54) is 17.0 Å². The number of fused-ring (bicyclic) bond motifs is 1. The van der Waals surface area contributed by atoms with Gasteiger partial charge in [-0.2, -0.15) is 5.26 Å². The second-order valence-corrected chi connectivity index (χ2v) is 9.26. The van der Waals surface area contributed by atoms with E-state index in [2.05, 4.69) is 10.6 Å². The Morgan fingerprint density at radius 3 is 2.46 bits per heavy atom. The fourth-order valence-corrected chi connectivity index (χ4v) is 5.14. The summed E-state index contributed by atoms with van der Waals surface area (Å²) in [7, 11) is 0. The van der Waals surface area contributed by atoms with Crippen LogP contribution in [-0.2, 0) is 17.9 Å². The van der Waals surface area contributed by atoms with Crippen LogP contribution in [-0.4, -0.2) is 20.6 Å². The molecular formula is C28H20FN3O2S. The van der Waals surface area contributed by atoms with Gasteiger partial charge in [-0.3, -0.25) is 14.5 Å².